The Kier molecular flexibility index (Phi) is 5.91. The summed E-state index contributed by atoms with van der Waals surface area (Å²) >= 11 is 0. The molecule has 1 aromatic carbocycles. The summed E-state index contributed by atoms with van der Waals surface area (Å²) in [5, 5.41) is 3.25. The SMILES string of the molecule is CNCCc1cc(CC2CCCCCC2)ccc1C. The van der Waals surface area contributed by atoms with Crippen LogP contribution in [0, 0.1) is 12.8 Å². The topological polar surface area (TPSA) is 12.0 Å². The van der Waals surface area contributed by atoms with Crippen LogP contribution in [0.2, 0.25) is 0 Å². The van der Waals surface area contributed by atoms with Gasteiger partial charge in [0.25, 0.3) is 0 Å². The fourth-order valence-electron chi connectivity index (χ4n) is 3.28. The zero-order chi connectivity index (χ0) is 13.5. The number of nitrogens with one attached hydrogen (secondary N) is 1. The fraction of sp³-hybridized carbons (Fsp3) is 0.667. The second kappa shape index (κ2) is 7.69. The second-order valence-corrected chi connectivity index (χ2v) is 6.18. The van der Waals surface area contributed by atoms with Gasteiger partial charge in [-0.25, -0.2) is 0 Å². The molecule has 2 rings (SSSR count). The smallest absolute Gasteiger partial charge is 0.00113 e. The Labute approximate surface area is 118 Å². The van der Waals surface area contributed by atoms with Gasteiger partial charge in [-0.05, 0) is 56.0 Å². The molecule has 0 spiro atoms. The Morgan fingerprint density at radius 3 is 2.53 bits per heavy atom. The van der Waals surface area contributed by atoms with Crippen molar-refractivity contribution in [3.63, 3.8) is 0 Å². The van der Waals surface area contributed by atoms with Gasteiger partial charge in [-0.1, -0.05) is 56.7 Å². The highest BCUT2D eigenvalue weighted by atomic mass is 14.8. The van der Waals surface area contributed by atoms with Gasteiger partial charge in [-0.2, -0.15) is 0 Å². The lowest BCUT2D eigenvalue weighted by Gasteiger charge is -2.15. The van der Waals surface area contributed by atoms with Gasteiger partial charge in [0.1, 0.15) is 0 Å². The van der Waals surface area contributed by atoms with Crippen molar-refractivity contribution in [2.75, 3.05) is 13.6 Å². The van der Waals surface area contributed by atoms with E-state index in [9.17, 15) is 0 Å². The molecule has 0 saturated heterocycles. The minimum absolute atomic E-state index is 0.933. The van der Waals surface area contributed by atoms with E-state index in [-0.39, 0.29) is 0 Å². The first-order chi connectivity index (χ1) is 9.29. The molecule has 0 unspecified atom stereocenters. The van der Waals surface area contributed by atoms with Gasteiger partial charge in [-0.3, -0.25) is 0 Å². The first-order valence-electron chi connectivity index (χ1n) is 8.02. The van der Waals surface area contributed by atoms with Gasteiger partial charge < -0.3 is 5.32 Å². The summed E-state index contributed by atoms with van der Waals surface area (Å²) in [7, 11) is 2.03. The van der Waals surface area contributed by atoms with E-state index in [1.807, 2.05) is 7.05 Å². The van der Waals surface area contributed by atoms with Crippen LogP contribution in [-0.2, 0) is 12.8 Å². The molecule has 0 bridgehead atoms. The Morgan fingerprint density at radius 1 is 1.11 bits per heavy atom. The third-order valence-corrected chi connectivity index (χ3v) is 4.56. The van der Waals surface area contributed by atoms with Crippen molar-refractivity contribution in [3.8, 4) is 0 Å². The van der Waals surface area contributed by atoms with Crippen LogP contribution in [0.1, 0.15) is 55.2 Å². The van der Waals surface area contributed by atoms with Crippen molar-refractivity contribution in [1.82, 2.24) is 5.32 Å². The summed E-state index contributed by atoms with van der Waals surface area (Å²) < 4.78 is 0. The molecular weight excluding hydrogens is 230 g/mol. The van der Waals surface area contributed by atoms with E-state index < -0.39 is 0 Å². The van der Waals surface area contributed by atoms with Crippen molar-refractivity contribution >= 4 is 0 Å². The maximum Gasteiger partial charge on any atom is -0.00113 e. The van der Waals surface area contributed by atoms with Crippen LogP contribution in [0.15, 0.2) is 18.2 Å². The maximum atomic E-state index is 3.25. The molecule has 0 amide bonds. The molecule has 1 N–H and O–H groups in total. The Balaban J connectivity index is 1.98. The molecule has 0 aliphatic heterocycles. The van der Waals surface area contributed by atoms with Crippen LogP contribution in [0.3, 0.4) is 0 Å². The molecule has 1 aliphatic rings. The van der Waals surface area contributed by atoms with E-state index in [2.05, 4.69) is 30.4 Å². The zero-order valence-corrected chi connectivity index (χ0v) is 12.7. The Morgan fingerprint density at radius 2 is 1.84 bits per heavy atom. The molecule has 1 saturated carbocycles. The van der Waals surface area contributed by atoms with Gasteiger partial charge in [0.05, 0.1) is 0 Å². The first-order valence-corrected chi connectivity index (χ1v) is 8.02. The van der Waals surface area contributed by atoms with Crippen molar-refractivity contribution in [3.05, 3.63) is 34.9 Å². The van der Waals surface area contributed by atoms with E-state index in [0.717, 1.165) is 18.9 Å². The lowest BCUT2D eigenvalue weighted by Crippen LogP contribution is -2.11. The fourth-order valence-corrected chi connectivity index (χ4v) is 3.28. The monoisotopic (exact) mass is 259 g/mol. The van der Waals surface area contributed by atoms with Crippen LogP contribution in [0.25, 0.3) is 0 Å². The molecule has 1 aromatic rings. The molecule has 0 aromatic heterocycles. The van der Waals surface area contributed by atoms with Gasteiger partial charge in [0, 0.05) is 0 Å². The average molecular weight is 259 g/mol. The highest BCUT2D eigenvalue weighted by Crippen LogP contribution is 2.26. The highest BCUT2D eigenvalue weighted by molar-refractivity contribution is 5.31. The third-order valence-electron chi connectivity index (χ3n) is 4.56. The molecular formula is C18H29N. The van der Waals surface area contributed by atoms with Crippen LogP contribution >= 0.6 is 0 Å². The number of benzene rings is 1. The molecule has 106 valence electrons. The zero-order valence-electron chi connectivity index (χ0n) is 12.7. The van der Waals surface area contributed by atoms with Crippen LogP contribution in [0.4, 0.5) is 0 Å². The summed E-state index contributed by atoms with van der Waals surface area (Å²) in [5.74, 6) is 0.933. The summed E-state index contributed by atoms with van der Waals surface area (Å²) in [4.78, 5) is 0. The number of rotatable bonds is 5. The summed E-state index contributed by atoms with van der Waals surface area (Å²) in [6, 6.07) is 7.12. The molecule has 1 aliphatic carbocycles. The largest absolute Gasteiger partial charge is 0.319 e. The van der Waals surface area contributed by atoms with Crippen molar-refractivity contribution in [2.24, 2.45) is 5.92 Å². The molecule has 0 heterocycles. The van der Waals surface area contributed by atoms with E-state index in [0.29, 0.717) is 0 Å². The first kappa shape index (κ1) is 14.6. The standard InChI is InChI=1S/C18H29N/c1-15-9-10-17(14-18(15)11-12-19-2)13-16-7-5-3-4-6-8-16/h9-10,14,16,19H,3-8,11-13H2,1-2H3. The van der Waals surface area contributed by atoms with Crippen LogP contribution < -0.4 is 5.32 Å². The minimum atomic E-state index is 0.933. The second-order valence-electron chi connectivity index (χ2n) is 6.18. The molecule has 0 radical (unpaired) electrons. The van der Waals surface area contributed by atoms with Crippen molar-refractivity contribution in [1.29, 1.82) is 0 Å². The third kappa shape index (κ3) is 4.65. The number of aryl methyl sites for hydroxylation is 1. The quantitative estimate of drug-likeness (QED) is 0.779. The molecule has 19 heavy (non-hydrogen) atoms. The van der Waals surface area contributed by atoms with E-state index >= 15 is 0 Å². The average Bonchev–Trinajstić information content (AvgIpc) is 2.68. The highest BCUT2D eigenvalue weighted by Gasteiger charge is 2.13. The number of hydrogen-bond donors (Lipinski definition) is 1. The van der Waals surface area contributed by atoms with E-state index in [4.69, 9.17) is 0 Å². The lowest BCUT2D eigenvalue weighted by atomic mass is 9.90. The van der Waals surface area contributed by atoms with E-state index in [1.165, 1.54) is 56.1 Å². The van der Waals surface area contributed by atoms with E-state index in [1.54, 1.807) is 5.56 Å². The molecule has 1 nitrogen and oxygen atoms in total. The Bertz CT molecular complexity index is 375. The van der Waals surface area contributed by atoms with Gasteiger partial charge in [-0.15, -0.1) is 0 Å². The van der Waals surface area contributed by atoms with Gasteiger partial charge in [0.15, 0.2) is 0 Å². The maximum absolute atomic E-state index is 3.25. The molecule has 1 heteroatoms. The summed E-state index contributed by atoms with van der Waals surface area (Å²) in [6.45, 7) is 3.31. The predicted molar refractivity (Wildman–Crippen MR) is 83.7 cm³/mol. The lowest BCUT2D eigenvalue weighted by molar-refractivity contribution is 0.458. The van der Waals surface area contributed by atoms with Crippen LogP contribution in [0.5, 0.6) is 0 Å². The summed E-state index contributed by atoms with van der Waals surface area (Å²) in [6.07, 6.45) is 11.1. The van der Waals surface area contributed by atoms with Crippen molar-refractivity contribution < 1.29 is 0 Å². The molecule has 0 atom stereocenters. The number of likely N-dealkylation sites (N-methyl/N-ethyl adjacent to an activating group) is 1. The number of hydrogen-bond acceptors (Lipinski definition) is 1. The van der Waals surface area contributed by atoms with Crippen molar-refractivity contribution in [2.45, 2.75) is 58.3 Å². The Hall–Kier alpha value is -0.820. The summed E-state index contributed by atoms with van der Waals surface area (Å²) in [5.41, 5.74) is 4.53. The van der Waals surface area contributed by atoms with Crippen LogP contribution in [-0.4, -0.2) is 13.6 Å². The predicted octanol–water partition coefficient (Wildman–Crippen LogP) is 4.27. The minimum Gasteiger partial charge on any atom is -0.319 e. The van der Waals surface area contributed by atoms with Gasteiger partial charge >= 0.3 is 0 Å². The normalized spacial score (nSPS) is 17.4. The van der Waals surface area contributed by atoms with Gasteiger partial charge in [0.2, 0.25) is 0 Å². The molecule has 1 fully saturated rings.